The highest BCUT2D eigenvalue weighted by molar-refractivity contribution is 6.18. The van der Waals surface area contributed by atoms with E-state index >= 15 is 0 Å². The molecule has 132 heavy (non-hydrogen) atoms. The Balaban J connectivity index is 0.623. The summed E-state index contributed by atoms with van der Waals surface area (Å²) in [6.07, 6.45) is 0. The van der Waals surface area contributed by atoms with E-state index in [0.717, 1.165) is 161 Å². The molecule has 7 heterocycles. The fourth-order valence-electron chi connectivity index (χ4n) is 21.4. The smallest absolute Gasteiger partial charge is 0.160 e. The Labute approximate surface area is 759 Å². The molecule has 0 fully saturated rings. The van der Waals surface area contributed by atoms with Gasteiger partial charge in [-0.05, 0) is 256 Å². The van der Waals surface area contributed by atoms with Crippen molar-refractivity contribution in [2.45, 2.75) is 0 Å². The second kappa shape index (κ2) is 30.0. The fourth-order valence-corrected chi connectivity index (χ4v) is 21.4. The largest absolute Gasteiger partial charge is 0.309 e. The van der Waals surface area contributed by atoms with E-state index in [2.05, 4.69) is 501 Å². The Morgan fingerprint density at radius 1 is 0.121 bits per heavy atom. The van der Waals surface area contributed by atoms with Crippen molar-refractivity contribution < 1.29 is 0 Å². The molecule has 0 N–H and O–H groups in total. The van der Waals surface area contributed by atoms with Gasteiger partial charge >= 0.3 is 0 Å². The zero-order valence-electron chi connectivity index (χ0n) is 71.6. The van der Waals surface area contributed by atoms with E-state index in [4.69, 9.17) is 9.97 Å². The van der Waals surface area contributed by atoms with Gasteiger partial charge in [0.25, 0.3) is 0 Å². The van der Waals surface area contributed by atoms with E-state index in [9.17, 15) is 0 Å². The molecule has 0 spiro atoms. The van der Waals surface area contributed by atoms with Crippen LogP contribution in [0, 0.1) is 0 Å². The summed E-state index contributed by atoms with van der Waals surface area (Å²) in [5.41, 5.74) is 36.1. The van der Waals surface area contributed by atoms with Crippen molar-refractivity contribution in [3.63, 3.8) is 0 Å². The Hall–Kier alpha value is -17.7. The first-order valence-corrected chi connectivity index (χ1v) is 45.2. The van der Waals surface area contributed by atoms with Gasteiger partial charge in [-0.15, -0.1) is 0 Å². The standard InChI is InChI=1S/C124H78N8/c1-6-28-79(29-7-1)96-42-16-17-43-97(96)111-78-110(88-30-26-40-94(68-88)131-120-64-56-84(80-52-60-116-102(70-80)98-44-18-22-48-112(98)127(116)90-32-8-2-9-33-90)74-106(120)107-75-85(57-65-121(107)131)81-53-61-117-103(71-81)99-45-19-23-49-113(99)128(117)91-34-10-3-11-35-91)125-124(126-111)89-31-27-41-95(69-89)132-122-66-58-86(82-54-62-118-104(72-82)100-46-20-24-50-114(100)129(118)92-36-12-4-13-37-92)76-108(122)109-77-87(59-67-123(109)132)83-55-63-119-105(73-83)101-47-21-25-51-115(101)130(119)93-38-14-5-15-39-93/h1-78H. The van der Waals surface area contributed by atoms with Crippen molar-refractivity contribution in [2.75, 3.05) is 0 Å². The van der Waals surface area contributed by atoms with Crippen LogP contribution in [-0.4, -0.2) is 37.4 Å². The van der Waals surface area contributed by atoms with Crippen molar-refractivity contribution in [3.05, 3.63) is 473 Å². The maximum Gasteiger partial charge on any atom is 0.160 e. The second-order valence-electron chi connectivity index (χ2n) is 34.8. The number of fused-ring (bicyclic) bond motifs is 18. The molecule has 8 heteroatoms. The van der Waals surface area contributed by atoms with Gasteiger partial charge in [0.05, 0.1) is 77.6 Å². The lowest BCUT2D eigenvalue weighted by Crippen LogP contribution is -2.00. The topological polar surface area (TPSA) is 55.4 Å². The molecule has 0 radical (unpaired) electrons. The van der Waals surface area contributed by atoms with Crippen molar-refractivity contribution in [1.82, 2.24) is 37.4 Å². The number of para-hydroxylation sites is 8. The molecule has 0 saturated heterocycles. The van der Waals surface area contributed by atoms with Crippen LogP contribution < -0.4 is 0 Å². The van der Waals surface area contributed by atoms with Gasteiger partial charge in [-0.2, -0.15) is 0 Å². The number of hydrogen-bond donors (Lipinski definition) is 0. The van der Waals surface area contributed by atoms with Gasteiger partial charge in [0.15, 0.2) is 5.82 Å². The summed E-state index contributed by atoms with van der Waals surface area (Å²) in [6, 6.07) is 174. The zero-order valence-corrected chi connectivity index (χ0v) is 71.6. The highest BCUT2D eigenvalue weighted by Gasteiger charge is 2.25. The SMILES string of the molecule is c1ccc(-c2ccccc2-c2cc(-c3cccc(-n4c5ccc(-c6ccc7c(c6)c6ccccc6n7-c6ccccc6)cc5c5cc(-c6ccc7c(c6)c6ccccc6n7-c6ccccc6)ccc54)c3)nc(-c3cccc(-n4c5ccc(-c6ccc7c(c6)c6ccccc6n7-c6ccccc6)cc5c5cc(-c6ccc7c(c6)c6ccccc6n7-c6ccccc6)ccc54)c3)n2)cc1. The Bertz CT molecular complexity index is 8460. The normalized spacial score (nSPS) is 11.9. The van der Waals surface area contributed by atoms with Gasteiger partial charge in [-0.3, -0.25) is 0 Å². The molecule has 0 unspecified atom stereocenters. The quantitative estimate of drug-likeness (QED) is 0.109. The predicted octanol–water partition coefficient (Wildman–Crippen LogP) is 32.4. The summed E-state index contributed by atoms with van der Waals surface area (Å²) in [5.74, 6) is 0.610. The molecule has 0 bridgehead atoms. The monoisotopic (exact) mass is 1680 g/mol. The molecule has 20 aromatic carbocycles. The Morgan fingerprint density at radius 3 is 0.659 bits per heavy atom. The zero-order chi connectivity index (χ0) is 86.6. The lowest BCUT2D eigenvalue weighted by Gasteiger charge is -2.15. The van der Waals surface area contributed by atoms with E-state index in [1.807, 2.05) is 0 Å². The summed E-state index contributed by atoms with van der Waals surface area (Å²) < 4.78 is 14.5. The maximum absolute atomic E-state index is 5.78. The van der Waals surface area contributed by atoms with Crippen molar-refractivity contribution in [3.8, 4) is 124 Å². The Kier molecular flexibility index (Phi) is 16.9. The molecule has 614 valence electrons. The second-order valence-corrected chi connectivity index (χ2v) is 34.8. The van der Waals surface area contributed by atoms with Crippen LogP contribution in [0.4, 0.5) is 0 Å². The van der Waals surface area contributed by atoms with Crippen molar-refractivity contribution in [1.29, 1.82) is 0 Å². The van der Waals surface area contributed by atoms with Gasteiger partial charge in [-0.25, -0.2) is 9.97 Å². The molecule has 0 aliphatic rings. The van der Waals surface area contributed by atoms with Crippen LogP contribution in [0.25, 0.3) is 254 Å². The van der Waals surface area contributed by atoms with Crippen LogP contribution in [0.2, 0.25) is 0 Å². The van der Waals surface area contributed by atoms with Crippen molar-refractivity contribution >= 4 is 131 Å². The molecule has 0 atom stereocenters. The van der Waals surface area contributed by atoms with Crippen LogP contribution in [0.1, 0.15) is 0 Å². The first-order chi connectivity index (χ1) is 65.4. The van der Waals surface area contributed by atoms with Gasteiger partial charge < -0.3 is 27.4 Å². The van der Waals surface area contributed by atoms with Gasteiger partial charge in [-0.1, -0.05) is 273 Å². The van der Waals surface area contributed by atoms with Gasteiger partial charge in [0.1, 0.15) is 0 Å². The third kappa shape index (κ3) is 11.9. The Morgan fingerprint density at radius 2 is 0.341 bits per heavy atom. The number of aromatic nitrogens is 8. The molecule has 27 aromatic rings. The van der Waals surface area contributed by atoms with Gasteiger partial charge in [0.2, 0.25) is 0 Å². The molecule has 0 amide bonds. The minimum atomic E-state index is 0.610. The summed E-state index contributed by atoms with van der Waals surface area (Å²) in [4.78, 5) is 11.5. The van der Waals surface area contributed by atoms with E-state index in [1.54, 1.807) is 0 Å². The third-order valence-electron chi connectivity index (χ3n) is 27.4. The molecule has 0 aliphatic heterocycles. The minimum Gasteiger partial charge on any atom is -0.309 e. The molecule has 27 rings (SSSR count). The average Bonchev–Trinajstić information content (AvgIpc) is 1.58. The first-order valence-electron chi connectivity index (χ1n) is 45.2. The van der Waals surface area contributed by atoms with Gasteiger partial charge in [0, 0.05) is 115 Å². The molecule has 0 aliphatic carbocycles. The van der Waals surface area contributed by atoms with Crippen LogP contribution in [-0.2, 0) is 0 Å². The van der Waals surface area contributed by atoms with E-state index in [1.165, 1.54) is 87.2 Å². The summed E-state index contributed by atoms with van der Waals surface area (Å²) in [7, 11) is 0. The van der Waals surface area contributed by atoms with E-state index in [0.29, 0.717) is 5.82 Å². The number of rotatable bonds is 14. The molecule has 8 nitrogen and oxygen atoms in total. The number of benzene rings is 20. The molecule has 7 aromatic heterocycles. The van der Waals surface area contributed by atoms with Crippen LogP contribution in [0.15, 0.2) is 473 Å². The summed E-state index contributed by atoms with van der Waals surface area (Å²) in [5, 5.41) is 14.3. The third-order valence-corrected chi connectivity index (χ3v) is 27.4. The lowest BCUT2D eigenvalue weighted by molar-refractivity contribution is 1.15. The maximum atomic E-state index is 5.78. The predicted molar refractivity (Wildman–Crippen MR) is 552 cm³/mol. The van der Waals surface area contributed by atoms with Crippen LogP contribution in [0.5, 0.6) is 0 Å². The van der Waals surface area contributed by atoms with Crippen LogP contribution in [0.3, 0.4) is 0 Å². The number of nitrogens with zero attached hydrogens (tertiary/aromatic N) is 8. The summed E-state index contributed by atoms with van der Waals surface area (Å²) in [6.45, 7) is 0. The lowest BCUT2D eigenvalue weighted by atomic mass is 9.96. The van der Waals surface area contributed by atoms with E-state index < -0.39 is 0 Å². The van der Waals surface area contributed by atoms with Crippen LogP contribution >= 0.6 is 0 Å². The molecular formula is C124H78N8. The van der Waals surface area contributed by atoms with E-state index in [-0.39, 0.29) is 0 Å². The first kappa shape index (κ1) is 74.5. The summed E-state index contributed by atoms with van der Waals surface area (Å²) >= 11 is 0. The minimum absolute atomic E-state index is 0.610. The highest BCUT2D eigenvalue weighted by Crippen LogP contribution is 2.47. The fraction of sp³-hybridized carbons (Fsp3) is 0. The highest BCUT2D eigenvalue weighted by atomic mass is 15.0. The molecular weight excluding hydrogens is 1600 g/mol. The number of hydrogen-bond acceptors (Lipinski definition) is 2. The molecule has 0 saturated carbocycles. The van der Waals surface area contributed by atoms with Crippen molar-refractivity contribution in [2.24, 2.45) is 0 Å². The average molecular weight is 1680 g/mol.